The quantitative estimate of drug-likeness (QED) is 0.278. The zero-order chi connectivity index (χ0) is 25.4. The Morgan fingerprint density at radius 2 is 1.77 bits per heavy atom. The van der Waals surface area contributed by atoms with Gasteiger partial charge in [0.05, 0.1) is 28.1 Å². The summed E-state index contributed by atoms with van der Waals surface area (Å²) in [5.74, 6) is -0.466. The van der Waals surface area contributed by atoms with Crippen LogP contribution in [0.3, 0.4) is 0 Å². The monoisotopic (exact) mass is 515 g/mol. The van der Waals surface area contributed by atoms with Gasteiger partial charge in [0.1, 0.15) is 0 Å². The molecule has 0 fully saturated rings. The molecule has 0 heterocycles. The van der Waals surface area contributed by atoms with E-state index in [0.717, 1.165) is 24.0 Å². The molecular formula is C27H30ClNO5S. The number of nitrogens with one attached hydrogen (secondary N) is 1. The smallest absolute Gasteiger partial charge is 0.338 e. The maximum Gasteiger partial charge on any atom is 0.338 e. The second-order valence-electron chi connectivity index (χ2n) is 8.22. The summed E-state index contributed by atoms with van der Waals surface area (Å²) in [7, 11) is -3.70. The highest BCUT2D eigenvalue weighted by Crippen LogP contribution is 2.24. The Kier molecular flexibility index (Phi) is 9.46. The van der Waals surface area contributed by atoms with E-state index in [-0.39, 0.29) is 16.4 Å². The number of aliphatic hydroxyl groups excluding tert-OH is 1. The Morgan fingerprint density at radius 1 is 1.06 bits per heavy atom. The van der Waals surface area contributed by atoms with Gasteiger partial charge >= 0.3 is 5.97 Å². The molecule has 35 heavy (non-hydrogen) atoms. The Hall–Kier alpha value is -2.71. The van der Waals surface area contributed by atoms with Gasteiger partial charge in [-0.15, -0.1) is 0 Å². The summed E-state index contributed by atoms with van der Waals surface area (Å²) in [6, 6.07) is 18.4. The van der Waals surface area contributed by atoms with Crippen LogP contribution in [0.4, 0.5) is 0 Å². The standard InChI is InChI=1S/C27H30ClNO5S/c1-3-34-27(31)25-14-13-24(16-19(25)2)35(32,33)23-11-9-20(10-12-23)6-5-15-29-18-26(30)21-7-4-8-22(28)17-21/h4,7-14,16-17,26,29-30H,3,5-6,15,18H2,1-2H3/t26-/m0/s1. The lowest BCUT2D eigenvalue weighted by atomic mass is 10.1. The Bertz CT molecular complexity index is 1260. The minimum absolute atomic E-state index is 0.137. The van der Waals surface area contributed by atoms with Crippen LogP contribution in [-0.2, 0) is 21.0 Å². The van der Waals surface area contributed by atoms with E-state index in [2.05, 4.69) is 5.32 Å². The number of esters is 1. The van der Waals surface area contributed by atoms with Crippen molar-refractivity contribution >= 4 is 27.4 Å². The minimum Gasteiger partial charge on any atom is -0.462 e. The molecule has 0 spiro atoms. The summed E-state index contributed by atoms with van der Waals surface area (Å²) in [6.07, 6.45) is 0.977. The summed E-state index contributed by atoms with van der Waals surface area (Å²) < 4.78 is 31.1. The van der Waals surface area contributed by atoms with Crippen LogP contribution in [-0.4, -0.2) is 39.2 Å². The molecule has 0 bridgehead atoms. The van der Waals surface area contributed by atoms with Crippen LogP contribution in [0.5, 0.6) is 0 Å². The molecule has 0 aliphatic carbocycles. The predicted molar refractivity (Wildman–Crippen MR) is 137 cm³/mol. The van der Waals surface area contributed by atoms with Crippen molar-refractivity contribution in [3.63, 3.8) is 0 Å². The average molecular weight is 516 g/mol. The number of hydrogen-bond acceptors (Lipinski definition) is 6. The van der Waals surface area contributed by atoms with E-state index in [1.807, 2.05) is 24.3 Å². The van der Waals surface area contributed by atoms with Crippen molar-refractivity contribution in [1.29, 1.82) is 0 Å². The molecule has 0 aliphatic heterocycles. The van der Waals surface area contributed by atoms with E-state index in [4.69, 9.17) is 16.3 Å². The second-order valence-corrected chi connectivity index (χ2v) is 10.6. The van der Waals surface area contributed by atoms with Crippen LogP contribution in [0.25, 0.3) is 0 Å². The topological polar surface area (TPSA) is 92.7 Å². The first-order chi connectivity index (χ1) is 16.7. The maximum absolute atomic E-state index is 13.0. The molecule has 1 atom stereocenters. The molecule has 0 aromatic heterocycles. The fourth-order valence-electron chi connectivity index (χ4n) is 3.70. The predicted octanol–water partition coefficient (Wildman–Crippen LogP) is 4.91. The number of carbonyl (C=O) groups excluding carboxylic acids is 1. The molecule has 8 heteroatoms. The van der Waals surface area contributed by atoms with Crippen LogP contribution in [0.15, 0.2) is 76.5 Å². The molecule has 0 radical (unpaired) electrons. The average Bonchev–Trinajstić information content (AvgIpc) is 2.84. The highest BCUT2D eigenvalue weighted by Gasteiger charge is 2.20. The van der Waals surface area contributed by atoms with E-state index in [0.29, 0.717) is 29.2 Å². The molecule has 0 unspecified atom stereocenters. The van der Waals surface area contributed by atoms with E-state index in [1.165, 1.54) is 18.2 Å². The number of ether oxygens (including phenoxy) is 1. The van der Waals surface area contributed by atoms with Gasteiger partial charge < -0.3 is 15.2 Å². The number of hydrogen-bond donors (Lipinski definition) is 2. The molecular weight excluding hydrogens is 486 g/mol. The molecule has 2 N–H and O–H groups in total. The first-order valence-corrected chi connectivity index (χ1v) is 13.3. The van der Waals surface area contributed by atoms with Crippen molar-refractivity contribution in [2.45, 2.75) is 42.6 Å². The summed E-state index contributed by atoms with van der Waals surface area (Å²) >= 11 is 5.96. The third kappa shape index (κ3) is 7.15. The van der Waals surface area contributed by atoms with Crippen LogP contribution in [0.2, 0.25) is 5.02 Å². The van der Waals surface area contributed by atoms with Gasteiger partial charge in [-0.1, -0.05) is 35.9 Å². The summed E-state index contributed by atoms with van der Waals surface area (Å²) in [6.45, 7) is 4.80. The molecule has 0 amide bonds. The van der Waals surface area contributed by atoms with E-state index < -0.39 is 21.9 Å². The molecule has 3 aromatic rings. The lowest BCUT2D eigenvalue weighted by molar-refractivity contribution is 0.0525. The Balaban J connectivity index is 1.53. The summed E-state index contributed by atoms with van der Waals surface area (Å²) in [4.78, 5) is 12.3. The summed E-state index contributed by atoms with van der Waals surface area (Å²) in [5, 5.41) is 14.1. The van der Waals surface area contributed by atoms with Gasteiger partial charge in [-0.25, -0.2) is 13.2 Å². The van der Waals surface area contributed by atoms with E-state index >= 15 is 0 Å². The van der Waals surface area contributed by atoms with Crippen molar-refractivity contribution in [2.75, 3.05) is 19.7 Å². The van der Waals surface area contributed by atoms with Crippen molar-refractivity contribution in [3.8, 4) is 0 Å². The van der Waals surface area contributed by atoms with Crippen molar-refractivity contribution < 1.29 is 23.1 Å². The number of aliphatic hydroxyl groups is 1. The number of halogens is 1. The SMILES string of the molecule is CCOC(=O)c1ccc(S(=O)(=O)c2ccc(CCCNC[C@H](O)c3cccc(Cl)c3)cc2)cc1C. The lowest BCUT2D eigenvalue weighted by Crippen LogP contribution is -2.22. The fourth-order valence-corrected chi connectivity index (χ4v) is 5.24. The maximum atomic E-state index is 13.0. The van der Waals surface area contributed by atoms with Crippen LogP contribution >= 0.6 is 11.6 Å². The zero-order valence-corrected chi connectivity index (χ0v) is 21.4. The van der Waals surface area contributed by atoms with E-state index in [1.54, 1.807) is 38.1 Å². The van der Waals surface area contributed by atoms with Crippen LogP contribution in [0, 0.1) is 6.92 Å². The molecule has 186 valence electrons. The Morgan fingerprint density at radius 3 is 2.43 bits per heavy atom. The van der Waals surface area contributed by atoms with Crippen molar-refractivity contribution in [2.24, 2.45) is 0 Å². The first-order valence-electron chi connectivity index (χ1n) is 11.5. The summed E-state index contributed by atoms with van der Waals surface area (Å²) in [5.41, 5.74) is 2.70. The number of benzene rings is 3. The van der Waals surface area contributed by atoms with Gasteiger partial charge in [0.2, 0.25) is 9.84 Å². The molecule has 3 aromatic carbocycles. The van der Waals surface area contributed by atoms with Crippen molar-refractivity contribution in [3.05, 3.63) is 94.0 Å². The van der Waals surface area contributed by atoms with Crippen molar-refractivity contribution in [1.82, 2.24) is 5.32 Å². The van der Waals surface area contributed by atoms with Gasteiger partial charge in [-0.3, -0.25) is 0 Å². The third-order valence-electron chi connectivity index (χ3n) is 5.63. The number of sulfone groups is 1. The van der Waals surface area contributed by atoms with Gasteiger partial charge in [0, 0.05) is 11.6 Å². The first kappa shape index (κ1) is 26.9. The van der Waals surface area contributed by atoms with Gasteiger partial charge in [-0.05, 0) is 92.4 Å². The van der Waals surface area contributed by atoms with Gasteiger partial charge in [-0.2, -0.15) is 0 Å². The van der Waals surface area contributed by atoms with E-state index in [9.17, 15) is 18.3 Å². The van der Waals surface area contributed by atoms with Gasteiger partial charge in [0.25, 0.3) is 0 Å². The third-order valence-corrected chi connectivity index (χ3v) is 7.63. The normalized spacial score (nSPS) is 12.3. The fraction of sp³-hybridized carbons (Fsp3) is 0.296. The number of carbonyl (C=O) groups is 1. The lowest BCUT2D eigenvalue weighted by Gasteiger charge is -2.12. The Labute approximate surface area is 211 Å². The molecule has 0 aliphatic rings. The van der Waals surface area contributed by atoms with Crippen LogP contribution < -0.4 is 5.32 Å². The highest BCUT2D eigenvalue weighted by molar-refractivity contribution is 7.91. The van der Waals surface area contributed by atoms with Crippen LogP contribution in [0.1, 0.15) is 46.5 Å². The number of rotatable bonds is 11. The molecule has 0 saturated carbocycles. The number of aryl methyl sites for hydroxylation is 2. The highest BCUT2D eigenvalue weighted by atomic mass is 35.5. The van der Waals surface area contributed by atoms with Gasteiger partial charge in [0.15, 0.2) is 0 Å². The molecule has 3 rings (SSSR count). The molecule has 0 saturated heterocycles. The zero-order valence-electron chi connectivity index (χ0n) is 19.8. The minimum atomic E-state index is -3.70. The largest absolute Gasteiger partial charge is 0.462 e. The second kappa shape index (κ2) is 12.3. The molecule has 6 nitrogen and oxygen atoms in total.